The topological polar surface area (TPSA) is 76.4 Å². The van der Waals surface area contributed by atoms with E-state index in [0.717, 1.165) is 37.2 Å². The van der Waals surface area contributed by atoms with Crippen LogP contribution in [0.5, 0.6) is 0 Å². The largest absolute Gasteiger partial charge is 0.371 e. The summed E-state index contributed by atoms with van der Waals surface area (Å²) < 4.78 is 29.2. The lowest BCUT2D eigenvalue weighted by Gasteiger charge is -2.31. The SMILES string of the molecule is Cc1ccc(N(CCC(C)(C)C)CCC(C)(C)C)cc1S(=O)(=O)N[C@@H]1CCN(C#N)C1. The number of rotatable bonds is 8. The molecule has 1 saturated heterocycles. The van der Waals surface area contributed by atoms with Crippen LogP contribution in [0.15, 0.2) is 23.1 Å². The number of nitrogens with zero attached hydrogens (tertiary/aromatic N) is 3. The molecule has 0 radical (unpaired) electrons. The van der Waals surface area contributed by atoms with E-state index in [4.69, 9.17) is 5.26 Å². The molecule has 0 unspecified atom stereocenters. The molecule has 2 rings (SSSR count). The number of hydrogen-bond acceptors (Lipinski definition) is 5. The summed E-state index contributed by atoms with van der Waals surface area (Å²) in [5, 5.41) is 9.05. The van der Waals surface area contributed by atoms with Gasteiger partial charge in [-0.25, -0.2) is 13.1 Å². The molecule has 1 atom stereocenters. The fraction of sp³-hybridized carbons (Fsp3) is 0.708. The normalized spacial score (nSPS) is 17.6. The first-order valence-electron chi connectivity index (χ1n) is 11.2. The first kappa shape index (κ1) is 25.5. The van der Waals surface area contributed by atoms with Crippen molar-refractivity contribution in [1.29, 1.82) is 5.26 Å². The molecule has 1 N–H and O–H groups in total. The minimum atomic E-state index is -3.66. The van der Waals surface area contributed by atoms with Crippen molar-refractivity contribution >= 4 is 15.7 Å². The molecule has 7 heteroatoms. The molecular formula is C24H40N4O2S. The van der Waals surface area contributed by atoms with Gasteiger partial charge in [0.15, 0.2) is 6.19 Å². The molecule has 1 heterocycles. The van der Waals surface area contributed by atoms with Crippen LogP contribution >= 0.6 is 0 Å². The Bertz CT molecular complexity index is 874. The third-order valence-electron chi connectivity index (χ3n) is 5.74. The number of nitrogens with one attached hydrogen (secondary N) is 1. The highest BCUT2D eigenvalue weighted by atomic mass is 32.2. The number of likely N-dealkylation sites (tertiary alicyclic amines) is 1. The van der Waals surface area contributed by atoms with E-state index in [-0.39, 0.29) is 16.9 Å². The molecule has 0 saturated carbocycles. The van der Waals surface area contributed by atoms with Crippen LogP contribution in [-0.2, 0) is 10.0 Å². The molecule has 1 aromatic rings. The maximum absolute atomic E-state index is 13.2. The van der Waals surface area contributed by atoms with Gasteiger partial charge in [0.2, 0.25) is 10.0 Å². The van der Waals surface area contributed by atoms with E-state index in [1.165, 1.54) is 0 Å². The summed E-state index contributed by atoms with van der Waals surface area (Å²) >= 11 is 0. The van der Waals surface area contributed by atoms with Gasteiger partial charge in [-0.3, -0.25) is 0 Å². The summed E-state index contributed by atoms with van der Waals surface area (Å²) in [6.07, 6.45) is 4.80. The number of benzene rings is 1. The quantitative estimate of drug-likeness (QED) is 0.592. The summed E-state index contributed by atoms with van der Waals surface area (Å²) in [5.74, 6) is 0. The summed E-state index contributed by atoms with van der Waals surface area (Å²) in [6.45, 7) is 18.0. The van der Waals surface area contributed by atoms with Gasteiger partial charge in [0.25, 0.3) is 0 Å². The Morgan fingerprint density at radius 3 is 2.19 bits per heavy atom. The number of nitriles is 1. The Morgan fingerprint density at radius 1 is 1.13 bits per heavy atom. The molecule has 0 bridgehead atoms. The molecule has 1 aromatic carbocycles. The molecule has 0 amide bonds. The molecule has 0 aliphatic carbocycles. The summed E-state index contributed by atoms with van der Waals surface area (Å²) in [5.41, 5.74) is 2.09. The Morgan fingerprint density at radius 2 is 1.71 bits per heavy atom. The van der Waals surface area contributed by atoms with Gasteiger partial charge in [-0.15, -0.1) is 0 Å². The van der Waals surface area contributed by atoms with Crippen LogP contribution in [0.4, 0.5) is 5.69 Å². The first-order chi connectivity index (χ1) is 14.2. The first-order valence-corrected chi connectivity index (χ1v) is 12.7. The molecular weight excluding hydrogens is 408 g/mol. The van der Waals surface area contributed by atoms with Crippen LogP contribution in [0.3, 0.4) is 0 Å². The number of sulfonamides is 1. The molecule has 1 aliphatic rings. The lowest BCUT2D eigenvalue weighted by Crippen LogP contribution is -2.37. The summed E-state index contributed by atoms with van der Waals surface area (Å²) in [7, 11) is -3.66. The Labute approximate surface area is 189 Å². The maximum atomic E-state index is 13.2. The number of aryl methyl sites for hydroxylation is 1. The zero-order chi connectivity index (χ0) is 23.4. The van der Waals surface area contributed by atoms with Crippen molar-refractivity contribution in [3.05, 3.63) is 23.8 Å². The van der Waals surface area contributed by atoms with E-state index < -0.39 is 10.0 Å². The van der Waals surface area contributed by atoms with Gasteiger partial charge in [-0.2, -0.15) is 5.26 Å². The van der Waals surface area contributed by atoms with E-state index in [2.05, 4.69) is 57.4 Å². The Hall–Kier alpha value is -1.78. The third-order valence-corrected chi connectivity index (χ3v) is 7.40. The highest BCUT2D eigenvalue weighted by molar-refractivity contribution is 7.89. The zero-order valence-electron chi connectivity index (χ0n) is 20.3. The van der Waals surface area contributed by atoms with Gasteiger partial charge in [-0.1, -0.05) is 47.6 Å². The van der Waals surface area contributed by atoms with Gasteiger partial charge < -0.3 is 9.80 Å². The lowest BCUT2D eigenvalue weighted by molar-refractivity contribution is 0.357. The minimum Gasteiger partial charge on any atom is -0.371 e. The van der Waals surface area contributed by atoms with Crippen molar-refractivity contribution in [3.63, 3.8) is 0 Å². The zero-order valence-corrected chi connectivity index (χ0v) is 21.1. The second-order valence-electron chi connectivity index (χ2n) is 11.2. The van der Waals surface area contributed by atoms with Crippen molar-refractivity contribution in [3.8, 4) is 6.19 Å². The van der Waals surface area contributed by atoms with E-state index in [1.807, 2.05) is 25.1 Å². The van der Waals surface area contributed by atoms with Crippen molar-refractivity contribution in [1.82, 2.24) is 9.62 Å². The van der Waals surface area contributed by atoms with Crippen molar-refractivity contribution in [2.75, 3.05) is 31.1 Å². The van der Waals surface area contributed by atoms with Crippen molar-refractivity contribution in [2.24, 2.45) is 10.8 Å². The lowest BCUT2D eigenvalue weighted by atomic mass is 9.90. The Balaban J connectivity index is 2.28. The molecule has 1 fully saturated rings. The van der Waals surface area contributed by atoms with Crippen LogP contribution in [0.1, 0.15) is 66.4 Å². The highest BCUT2D eigenvalue weighted by Crippen LogP contribution is 2.28. The highest BCUT2D eigenvalue weighted by Gasteiger charge is 2.28. The molecule has 6 nitrogen and oxygen atoms in total. The third kappa shape index (κ3) is 8.01. The number of anilines is 1. The standard InChI is InChI=1S/C24H40N4O2S/c1-19-8-9-21(28(14-11-23(2,3)4)15-12-24(5,6)7)16-22(19)31(29,30)26-20-10-13-27(17-20)18-25/h8-9,16,20,26H,10-15,17H2,1-7H3/t20-/m1/s1. The minimum absolute atomic E-state index is 0.205. The molecule has 174 valence electrons. The van der Waals surface area contributed by atoms with Crippen molar-refractivity contribution < 1.29 is 8.42 Å². The van der Waals surface area contributed by atoms with Gasteiger partial charge in [0.1, 0.15) is 0 Å². The van der Waals surface area contributed by atoms with E-state index in [1.54, 1.807) is 4.90 Å². The smallest absolute Gasteiger partial charge is 0.241 e. The van der Waals surface area contributed by atoms with Crippen LogP contribution < -0.4 is 9.62 Å². The molecule has 0 aromatic heterocycles. The van der Waals surface area contributed by atoms with Crippen LogP contribution in [0.25, 0.3) is 0 Å². The van der Waals surface area contributed by atoms with Crippen molar-refractivity contribution in [2.45, 2.75) is 78.7 Å². The van der Waals surface area contributed by atoms with Gasteiger partial charge in [-0.05, 0) is 54.7 Å². The molecule has 31 heavy (non-hydrogen) atoms. The van der Waals surface area contributed by atoms with E-state index in [9.17, 15) is 8.42 Å². The summed E-state index contributed by atoms with van der Waals surface area (Å²) in [6, 6.07) is 5.53. The molecule has 0 spiro atoms. The predicted molar refractivity (Wildman–Crippen MR) is 127 cm³/mol. The van der Waals surface area contributed by atoms with Crippen LogP contribution in [0.2, 0.25) is 0 Å². The average Bonchev–Trinajstić information content (AvgIpc) is 3.07. The van der Waals surface area contributed by atoms with Crippen LogP contribution in [0, 0.1) is 29.2 Å². The van der Waals surface area contributed by atoms with Gasteiger partial charge in [0.05, 0.1) is 4.90 Å². The van der Waals surface area contributed by atoms with E-state index in [0.29, 0.717) is 24.4 Å². The summed E-state index contributed by atoms with van der Waals surface area (Å²) in [4.78, 5) is 4.25. The average molecular weight is 449 g/mol. The molecule has 1 aliphatic heterocycles. The number of hydrogen-bond donors (Lipinski definition) is 1. The van der Waals surface area contributed by atoms with E-state index >= 15 is 0 Å². The van der Waals surface area contributed by atoms with Crippen LogP contribution in [-0.4, -0.2) is 45.5 Å². The fourth-order valence-corrected chi connectivity index (χ4v) is 5.14. The second kappa shape index (κ2) is 9.79. The maximum Gasteiger partial charge on any atom is 0.241 e. The fourth-order valence-electron chi connectivity index (χ4n) is 3.62. The van der Waals surface area contributed by atoms with Gasteiger partial charge in [0, 0.05) is 37.9 Å². The Kier molecular flexibility index (Phi) is 8.04. The second-order valence-corrected chi connectivity index (χ2v) is 12.9. The monoisotopic (exact) mass is 448 g/mol. The van der Waals surface area contributed by atoms with Gasteiger partial charge >= 0.3 is 0 Å². The predicted octanol–water partition coefficient (Wildman–Crippen LogP) is 4.51.